The van der Waals surface area contributed by atoms with Crippen molar-refractivity contribution in [3.63, 3.8) is 0 Å². The van der Waals surface area contributed by atoms with E-state index >= 15 is 0 Å². The second-order valence-electron chi connectivity index (χ2n) is 1.55. The van der Waals surface area contributed by atoms with E-state index in [4.69, 9.17) is 0 Å². The SMILES string of the molecule is O=C1C=CC=CC1=NBr. The Bertz CT molecular complexity index is 215. The Kier molecular flexibility index (Phi) is 1.95. The third-order valence-electron chi connectivity index (χ3n) is 0.956. The van der Waals surface area contributed by atoms with Crippen molar-refractivity contribution in [2.75, 3.05) is 0 Å². The highest BCUT2D eigenvalue weighted by molar-refractivity contribution is 9.08. The van der Waals surface area contributed by atoms with Crippen LogP contribution >= 0.6 is 16.1 Å². The quantitative estimate of drug-likeness (QED) is 0.526. The number of hydrogen-bond acceptors (Lipinski definition) is 2. The second kappa shape index (κ2) is 2.73. The third-order valence-corrected chi connectivity index (χ3v) is 1.34. The molecule has 1 rings (SSSR count). The molecule has 0 N–H and O–H groups in total. The zero-order valence-electron chi connectivity index (χ0n) is 4.54. The highest BCUT2D eigenvalue weighted by atomic mass is 79.9. The van der Waals surface area contributed by atoms with Gasteiger partial charge in [0.25, 0.3) is 0 Å². The van der Waals surface area contributed by atoms with Crippen molar-refractivity contribution >= 4 is 27.6 Å². The molecule has 0 amide bonds. The van der Waals surface area contributed by atoms with Crippen LogP contribution < -0.4 is 0 Å². The Morgan fingerprint density at radius 2 is 2.00 bits per heavy atom. The molecule has 0 radical (unpaired) electrons. The van der Waals surface area contributed by atoms with E-state index in [0.717, 1.165) is 0 Å². The molecule has 0 unspecified atom stereocenters. The van der Waals surface area contributed by atoms with Crippen LogP contribution in [-0.2, 0) is 4.79 Å². The Hall–Kier alpha value is -0.700. The van der Waals surface area contributed by atoms with E-state index < -0.39 is 0 Å². The van der Waals surface area contributed by atoms with E-state index in [1.807, 2.05) is 0 Å². The molecule has 0 spiro atoms. The number of nitrogens with zero attached hydrogens (tertiary/aromatic N) is 1. The fourth-order valence-electron chi connectivity index (χ4n) is 0.527. The molecule has 0 aliphatic heterocycles. The van der Waals surface area contributed by atoms with Crippen molar-refractivity contribution in [1.29, 1.82) is 0 Å². The monoisotopic (exact) mass is 185 g/mol. The Labute approximate surface area is 61.3 Å². The van der Waals surface area contributed by atoms with Gasteiger partial charge in [0.05, 0.1) is 16.1 Å². The highest BCUT2D eigenvalue weighted by Crippen LogP contribution is 1.97. The van der Waals surface area contributed by atoms with Crippen molar-refractivity contribution in [2.24, 2.45) is 4.02 Å². The summed E-state index contributed by atoms with van der Waals surface area (Å²) in [7, 11) is 0. The Morgan fingerprint density at radius 3 is 2.44 bits per heavy atom. The molecule has 0 bridgehead atoms. The van der Waals surface area contributed by atoms with Gasteiger partial charge in [0.2, 0.25) is 5.78 Å². The number of ketones is 1. The number of carbonyl (C=O) groups is 1. The predicted molar refractivity (Wildman–Crippen MR) is 39.6 cm³/mol. The maximum Gasteiger partial charge on any atom is 0.204 e. The Morgan fingerprint density at radius 1 is 1.33 bits per heavy atom. The smallest absolute Gasteiger partial charge is 0.204 e. The molecule has 0 saturated carbocycles. The van der Waals surface area contributed by atoms with Gasteiger partial charge in [0.1, 0.15) is 5.71 Å². The maximum atomic E-state index is 10.7. The lowest BCUT2D eigenvalue weighted by Gasteiger charge is -1.94. The topological polar surface area (TPSA) is 29.4 Å². The summed E-state index contributed by atoms with van der Waals surface area (Å²) < 4.78 is 3.57. The van der Waals surface area contributed by atoms with Gasteiger partial charge in [-0.15, -0.1) is 0 Å². The number of halogens is 1. The summed E-state index contributed by atoms with van der Waals surface area (Å²) in [4.78, 5) is 10.7. The second-order valence-corrected chi connectivity index (χ2v) is 1.91. The third kappa shape index (κ3) is 1.36. The molecule has 46 valence electrons. The van der Waals surface area contributed by atoms with E-state index in [2.05, 4.69) is 20.2 Å². The van der Waals surface area contributed by atoms with Crippen LogP contribution in [0.25, 0.3) is 0 Å². The zero-order chi connectivity index (χ0) is 6.69. The first-order valence-corrected chi connectivity index (χ1v) is 3.13. The van der Waals surface area contributed by atoms with Crippen LogP contribution in [-0.4, -0.2) is 11.5 Å². The van der Waals surface area contributed by atoms with Gasteiger partial charge < -0.3 is 0 Å². The van der Waals surface area contributed by atoms with Crippen molar-refractivity contribution in [3.8, 4) is 0 Å². The molecule has 1 aliphatic carbocycles. The molecule has 0 aromatic carbocycles. The molecule has 0 aromatic heterocycles. The molecule has 0 heterocycles. The Balaban J connectivity index is 2.91. The number of allylic oxidation sites excluding steroid dienone is 4. The first-order valence-electron chi connectivity index (χ1n) is 2.42. The van der Waals surface area contributed by atoms with Gasteiger partial charge >= 0.3 is 0 Å². The number of carbonyl (C=O) groups excluding carboxylic acids is 1. The fourth-order valence-corrected chi connectivity index (χ4v) is 0.820. The van der Waals surface area contributed by atoms with Crippen LogP contribution in [0.2, 0.25) is 0 Å². The van der Waals surface area contributed by atoms with Gasteiger partial charge in [-0.05, 0) is 12.2 Å². The van der Waals surface area contributed by atoms with E-state index in [-0.39, 0.29) is 5.78 Å². The summed E-state index contributed by atoms with van der Waals surface area (Å²) in [5, 5.41) is 0. The lowest BCUT2D eigenvalue weighted by Crippen LogP contribution is -2.08. The van der Waals surface area contributed by atoms with Crippen LogP contribution in [0.4, 0.5) is 0 Å². The van der Waals surface area contributed by atoms with Gasteiger partial charge in [0.15, 0.2) is 0 Å². The molecule has 0 saturated heterocycles. The molecule has 3 heteroatoms. The predicted octanol–water partition coefficient (Wildman–Crippen LogP) is 1.43. The van der Waals surface area contributed by atoms with E-state index in [0.29, 0.717) is 5.71 Å². The van der Waals surface area contributed by atoms with Crippen LogP contribution in [0.1, 0.15) is 0 Å². The number of hydrogen-bond donors (Lipinski definition) is 0. The van der Waals surface area contributed by atoms with Gasteiger partial charge in [0, 0.05) is 0 Å². The molecule has 0 aromatic rings. The highest BCUT2D eigenvalue weighted by Gasteiger charge is 2.04. The van der Waals surface area contributed by atoms with Gasteiger partial charge in [-0.1, -0.05) is 12.2 Å². The minimum absolute atomic E-state index is 0.0608. The van der Waals surface area contributed by atoms with Crippen LogP contribution in [0.15, 0.2) is 28.3 Å². The zero-order valence-corrected chi connectivity index (χ0v) is 6.13. The van der Waals surface area contributed by atoms with Crippen LogP contribution in [0, 0.1) is 0 Å². The average molecular weight is 186 g/mol. The molecule has 2 nitrogen and oxygen atoms in total. The molecule has 1 aliphatic rings. The average Bonchev–Trinajstić information content (AvgIpc) is 1.89. The van der Waals surface area contributed by atoms with Crippen LogP contribution in [0.3, 0.4) is 0 Å². The lowest BCUT2D eigenvalue weighted by atomic mass is 10.1. The summed E-state index contributed by atoms with van der Waals surface area (Å²) in [5.41, 5.74) is 0.442. The summed E-state index contributed by atoms with van der Waals surface area (Å²) in [5.74, 6) is -0.0608. The standard InChI is InChI=1S/C6H4BrNO/c7-8-5-3-1-2-4-6(5)9/h1-4H. The van der Waals surface area contributed by atoms with Crippen molar-refractivity contribution in [1.82, 2.24) is 0 Å². The van der Waals surface area contributed by atoms with E-state index in [9.17, 15) is 4.79 Å². The first-order chi connectivity index (χ1) is 4.34. The summed E-state index contributed by atoms with van der Waals surface area (Å²) in [6, 6.07) is 0. The summed E-state index contributed by atoms with van der Waals surface area (Å²) >= 11 is 2.83. The molecule has 9 heavy (non-hydrogen) atoms. The molecular weight excluding hydrogens is 182 g/mol. The first kappa shape index (κ1) is 6.42. The molecular formula is C6H4BrNO. The fraction of sp³-hybridized carbons (Fsp3) is 0. The van der Waals surface area contributed by atoms with E-state index in [1.54, 1.807) is 18.2 Å². The van der Waals surface area contributed by atoms with E-state index in [1.165, 1.54) is 6.08 Å². The van der Waals surface area contributed by atoms with Crippen LogP contribution in [0.5, 0.6) is 0 Å². The van der Waals surface area contributed by atoms with Crippen molar-refractivity contribution in [3.05, 3.63) is 24.3 Å². The van der Waals surface area contributed by atoms with Gasteiger partial charge in [-0.3, -0.25) is 4.79 Å². The minimum atomic E-state index is -0.0608. The van der Waals surface area contributed by atoms with Crippen molar-refractivity contribution < 1.29 is 4.79 Å². The van der Waals surface area contributed by atoms with Gasteiger partial charge in [-0.25, -0.2) is 4.02 Å². The summed E-state index contributed by atoms with van der Waals surface area (Å²) in [6.07, 6.45) is 6.57. The summed E-state index contributed by atoms with van der Waals surface area (Å²) in [6.45, 7) is 0. The van der Waals surface area contributed by atoms with Crippen molar-refractivity contribution in [2.45, 2.75) is 0 Å². The maximum absolute atomic E-state index is 10.7. The van der Waals surface area contributed by atoms with Gasteiger partial charge in [-0.2, -0.15) is 0 Å². The molecule has 0 atom stereocenters. The normalized spacial score (nSPS) is 21.4. The molecule has 0 fully saturated rings. The largest absolute Gasteiger partial charge is 0.288 e. The minimum Gasteiger partial charge on any atom is -0.288 e. The lowest BCUT2D eigenvalue weighted by molar-refractivity contribution is -0.108. The number of rotatable bonds is 0.